The molecule has 136 valence electrons. The molecule has 2 aromatic carbocycles. The number of hydrogen-bond acceptors (Lipinski definition) is 2. The van der Waals surface area contributed by atoms with Crippen LogP contribution in [0.1, 0.15) is 36.5 Å². The van der Waals surface area contributed by atoms with Crippen LogP contribution in [0.3, 0.4) is 0 Å². The lowest BCUT2D eigenvalue weighted by molar-refractivity contribution is -0.135. The predicted molar refractivity (Wildman–Crippen MR) is 103 cm³/mol. The van der Waals surface area contributed by atoms with E-state index in [2.05, 4.69) is 24.4 Å². The Labute approximate surface area is 159 Å². The summed E-state index contributed by atoms with van der Waals surface area (Å²) in [6, 6.07) is 15.2. The first kappa shape index (κ1) is 18.5. The number of nitrogens with zero attached hydrogens (tertiary/aromatic N) is 1. The summed E-state index contributed by atoms with van der Waals surface area (Å²) in [6.07, 6.45) is 1.94. The lowest BCUT2D eigenvalue weighted by Crippen LogP contribution is -2.44. The lowest BCUT2D eigenvalue weighted by atomic mass is 10.1. The van der Waals surface area contributed by atoms with Crippen molar-refractivity contribution in [3.8, 4) is 0 Å². The molecule has 0 bridgehead atoms. The first-order valence-electron chi connectivity index (χ1n) is 8.97. The summed E-state index contributed by atoms with van der Waals surface area (Å²) in [5.74, 6) is -0.111. The van der Waals surface area contributed by atoms with Crippen molar-refractivity contribution in [1.29, 1.82) is 0 Å². The van der Waals surface area contributed by atoms with Gasteiger partial charge in [0.2, 0.25) is 11.8 Å². The van der Waals surface area contributed by atoms with Gasteiger partial charge in [-0.3, -0.25) is 9.59 Å². The molecule has 1 aliphatic heterocycles. The summed E-state index contributed by atoms with van der Waals surface area (Å²) in [5.41, 5.74) is 3.18. The molecule has 1 unspecified atom stereocenters. The number of hydrogen-bond donors (Lipinski definition) is 1. The third-order valence-electron chi connectivity index (χ3n) is 4.83. The Kier molecular flexibility index (Phi) is 5.94. The number of carbonyl (C=O) groups is 2. The number of carbonyl (C=O) groups excluding carboxylic acids is 2. The summed E-state index contributed by atoms with van der Waals surface area (Å²) < 4.78 is 0. The molecule has 0 saturated carbocycles. The van der Waals surface area contributed by atoms with Gasteiger partial charge in [-0.05, 0) is 35.6 Å². The van der Waals surface area contributed by atoms with Crippen molar-refractivity contribution >= 4 is 23.4 Å². The zero-order valence-corrected chi connectivity index (χ0v) is 15.6. The largest absolute Gasteiger partial charge is 0.350 e. The standard InChI is InChI=1S/C21H23ClN2O2/c1-2-15-7-9-16(10-8-15)13-23-21(26)19-11-12-20(25)24(19)14-17-5-3-4-6-18(17)22/h3-10,19H,2,11-14H2,1H3,(H,23,26). The Balaban J connectivity index is 1.63. The quantitative estimate of drug-likeness (QED) is 0.842. The molecule has 5 heteroatoms. The highest BCUT2D eigenvalue weighted by Crippen LogP contribution is 2.25. The zero-order valence-electron chi connectivity index (χ0n) is 14.9. The summed E-state index contributed by atoms with van der Waals surface area (Å²) in [4.78, 5) is 26.5. The molecule has 1 aliphatic rings. The van der Waals surface area contributed by atoms with Gasteiger partial charge in [0, 0.05) is 24.5 Å². The van der Waals surface area contributed by atoms with Crippen molar-refractivity contribution in [2.45, 2.75) is 45.3 Å². The van der Waals surface area contributed by atoms with Crippen LogP contribution in [0.25, 0.3) is 0 Å². The van der Waals surface area contributed by atoms with Crippen LogP contribution in [0, 0.1) is 0 Å². The second-order valence-electron chi connectivity index (χ2n) is 6.56. The van der Waals surface area contributed by atoms with Gasteiger partial charge < -0.3 is 10.2 Å². The molecular formula is C21H23ClN2O2. The van der Waals surface area contributed by atoms with Gasteiger partial charge in [0.1, 0.15) is 6.04 Å². The molecule has 2 aromatic rings. The molecule has 0 aliphatic carbocycles. The van der Waals surface area contributed by atoms with Crippen LogP contribution in [0.4, 0.5) is 0 Å². The second-order valence-corrected chi connectivity index (χ2v) is 6.96. The van der Waals surface area contributed by atoms with Crippen LogP contribution in [0.2, 0.25) is 5.02 Å². The average molecular weight is 371 g/mol. The maximum atomic E-state index is 12.6. The van der Waals surface area contributed by atoms with Crippen molar-refractivity contribution in [3.05, 3.63) is 70.2 Å². The molecule has 0 spiro atoms. The van der Waals surface area contributed by atoms with Gasteiger partial charge in [0.05, 0.1) is 0 Å². The predicted octanol–water partition coefficient (Wildman–Crippen LogP) is 3.71. The Morgan fingerprint density at radius 1 is 1.15 bits per heavy atom. The molecule has 1 N–H and O–H groups in total. The molecule has 4 nitrogen and oxygen atoms in total. The Bertz CT molecular complexity index is 789. The normalized spacial score (nSPS) is 16.8. The fourth-order valence-electron chi connectivity index (χ4n) is 3.21. The molecule has 3 rings (SSSR count). The highest BCUT2D eigenvalue weighted by Gasteiger charge is 2.36. The number of amides is 2. The molecular weight excluding hydrogens is 348 g/mol. The lowest BCUT2D eigenvalue weighted by Gasteiger charge is -2.24. The summed E-state index contributed by atoms with van der Waals surface area (Å²) in [5, 5.41) is 3.58. The van der Waals surface area contributed by atoms with Gasteiger partial charge in [-0.25, -0.2) is 0 Å². The summed E-state index contributed by atoms with van der Waals surface area (Å²) in [7, 11) is 0. The smallest absolute Gasteiger partial charge is 0.243 e. The van der Waals surface area contributed by atoms with Gasteiger partial charge >= 0.3 is 0 Å². The van der Waals surface area contributed by atoms with E-state index in [4.69, 9.17) is 11.6 Å². The summed E-state index contributed by atoms with van der Waals surface area (Å²) >= 11 is 6.21. The van der Waals surface area contributed by atoms with E-state index in [-0.39, 0.29) is 11.8 Å². The second kappa shape index (κ2) is 8.37. The molecule has 1 heterocycles. The fourth-order valence-corrected chi connectivity index (χ4v) is 3.41. The molecule has 0 radical (unpaired) electrons. The van der Waals surface area contributed by atoms with Crippen LogP contribution in [0.15, 0.2) is 48.5 Å². The monoisotopic (exact) mass is 370 g/mol. The van der Waals surface area contributed by atoms with E-state index in [0.29, 0.717) is 31.0 Å². The molecule has 1 atom stereocenters. The minimum atomic E-state index is -0.436. The van der Waals surface area contributed by atoms with Crippen molar-refractivity contribution in [3.63, 3.8) is 0 Å². The van der Waals surface area contributed by atoms with E-state index in [9.17, 15) is 9.59 Å². The Morgan fingerprint density at radius 2 is 1.85 bits per heavy atom. The minimum absolute atomic E-state index is 0.00244. The van der Waals surface area contributed by atoms with Crippen molar-refractivity contribution in [2.75, 3.05) is 0 Å². The number of benzene rings is 2. The molecule has 0 aromatic heterocycles. The number of rotatable bonds is 6. The van der Waals surface area contributed by atoms with Gasteiger partial charge in [0.15, 0.2) is 0 Å². The Morgan fingerprint density at radius 3 is 2.54 bits per heavy atom. The van der Waals surface area contributed by atoms with E-state index in [1.165, 1.54) is 5.56 Å². The minimum Gasteiger partial charge on any atom is -0.350 e. The van der Waals surface area contributed by atoms with E-state index in [1.54, 1.807) is 11.0 Å². The highest BCUT2D eigenvalue weighted by atomic mass is 35.5. The molecule has 26 heavy (non-hydrogen) atoms. The van der Waals surface area contributed by atoms with Crippen LogP contribution >= 0.6 is 11.6 Å². The SMILES string of the molecule is CCc1ccc(CNC(=O)C2CCC(=O)N2Cc2ccccc2Cl)cc1. The van der Waals surface area contributed by atoms with Crippen molar-refractivity contribution < 1.29 is 9.59 Å². The third kappa shape index (κ3) is 4.25. The van der Waals surface area contributed by atoms with Gasteiger partial charge in [-0.2, -0.15) is 0 Å². The first-order chi connectivity index (χ1) is 12.6. The van der Waals surface area contributed by atoms with E-state index in [1.807, 2.05) is 30.3 Å². The van der Waals surface area contributed by atoms with Crippen molar-refractivity contribution in [2.24, 2.45) is 0 Å². The maximum Gasteiger partial charge on any atom is 0.243 e. The topological polar surface area (TPSA) is 49.4 Å². The number of halogens is 1. The van der Waals surface area contributed by atoms with Crippen LogP contribution in [-0.4, -0.2) is 22.8 Å². The van der Waals surface area contributed by atoms with Gasteiger partial charge in [-0.1, -0.05) is 61.0 Å². The van der Waals surface area contributed by atoms with Crippen LogP contribution in [0.5, 0.6) is 0 Å². The van der Waals surface area contributed by atoms with E-state index < -0.39 is 6.04 Å². The highest BCUT2D eigenvalue weighted by molar-refractivity contribution is 6.31. The Hall–Kier alpha value is -2.33. The van der Waals surface area contributed by atoms with Crippen LogP contribution in [-0.2, 0) is 29.1 Å². The average Bonchev–Trinajstić information content (AvgIpc) is 3.02. The number of likely N-dealkylation sites (tertiary alicyclic amines) is 1. The number of aryl methyl sites for hydroxylation is 1. The molecule has 1 fully saturated rings. The number of nitrogens with one attached hydrogen (secondary N) is 1. The molecule has 2 amide bonds. The van der Waals surface area contributed by atoms with E-state index in [0.717, 1.165) is 17.5 Å². The van der Waals surface area contributed by atoms with E-state index >= 15 is 0 Å². The first-order valence-corrected chi connectivity index (χ1v) is 9.34. The zero-order chi connectivity index (χ0) is 18.5. The van der Waals surface area contributed by atoms with Crippen molar-refractivity contribution in [1.82, 2.24) is 10.2 Å². The molecule has 1 saturated heterocycles. The van der Waals surface area contributed by atoms with Gasteiger partial charge in [-0.15, -0.1) is 0 Å². The maximum absolute atomic E-state index is 12.6. The van der Waals surface area contributed by atoms with Gasteiger partial charge in [0.25, 0.3) is 0 Å². The third-order valence-corrected chi connectivity index (χ3v) is 5.20. The fraction of sp³-hybridized carbons (Fsp3) is 0.333. The van der Waals surface area contributed by atoms with Crippen LogP contribution < -0.4 is 5.32 Å². The summed E-state index contributed by atoms with van der Waals surface area (Å²) in [6.45, 7) is 2.94.